The van der Waals surface area contributed by atoms with Crippen molar-refractivity contribution in [3.05, 3.63) is 64.7 Å². The quantitative estimate of drug-likeness (QED) is 0.424. The molecule has 0 saturated carbocycles. The topological polar surface area (TPSA) is 87.4 Å². The zero-order valence-electron chi connectivity index (χ0n) is 13.6. The summed E-state index contributed by atoms with van der Waals surface area (Å²) in [7, 11) is 1.59. The Balaban J connectivity index is 1.83. The molecule has 0 saturated heterocycles. The molecule has 3 rings (SSSR count). The number of hydrogen-bond donors (Lipinski definition) is 4. The van der Waals surface area contributed by atoms with E-state index < -0.39 is 0 Å². The van der Waals surface area contributed by atoms with E-state index in [1.807, 2.05) is 24.3 Å². The van der Waals surface area contributed by atoms with E-state index in [0.29, 0.717) is 28.4 Å². The molecule has 0 aliphatic carbocycles. The van der Waals surface area contributed by atoms with Crippen LogP contribution in [0.5, 0.6) is 5.75 Å². The van der Waals surface area contributed by atoms with E-state index >= 15 is 0 Å². The van der Waals surface area contributed by atoms with Crippen LogP contribution < -0.4 is 16.4 Å². The SMILES string of the molecule is CNC(=O)c1ccc(NCc2cc3cc(Cl)ccc3c(N)c2O)cc1. The van der Waals surface area contributed by atoms with Gasteiger partial charge < -0.3 is 21.5 Å². The summed E-state index contributed by atoms with van der Waals surface area (Å²) in [6.45, 7) is 0.387. The summed E-state index contributed by atoms with van der Waals surface area (Å²) in [5.74, 6) is -0.0762. The van der Waals surface area contributed by atoms with Gasteiger partial charge >= 0.3 is 0 Å². The molecule has 0 unspecified atom stereocenters. The van der Waals surface area contributed by atoms with Crippen molar-refractivity contribution in [2.45, 2.75) is 6.54 Å². The number of anilines is 2. The Morgan fingerprint density at radius 3 is 2.56 bits per heavy atom. The Labute approximate surface area is 150 Å². The van der Waals surface area contributed by atoms with Crippen molar-refractivity contribution < 1.29 is 9.90 Å². The average Bonchev–Trinajstić information content (AvgIpc) is 2.63. The minimum Gasteiger partial charge on any atom is -0.505 e. The third kappa shape index (κ3) is 3.46. The Morgan fingerprint density at radius 2 is 1.88 bits per heavy atom. The molecule has 0 fully saturated rings. The fourth-order valence-electron chi connectivity index (χ4n) is 2.67. The lowest BCUT2D eigenvalue weighted by Crippen LogP contribution is -2.17. The summed E-state index contributed by atoms with van der Waals surface area (Å²) in [4.78, 5) is 11.5. The molecule has 0 heterocycles. The fraction of sp³-hybridized carbons (Fsp3) is 0.105. The second-order valence-corrected chi connectivity index (χ2v) is 6.11. The number of halogens is 1. The van der Waals surface area contributed by atoms with Gasteiger partial charge in [0.05, 0.1) is 5.69 Å². The molecule has 3 aromatic rings. The first kappa shape index (κ1) is 16.9. The lowest BCUT2D eigenvalue weighted by Gasteiger charge is -2.13. The van der Waals surface area contributed by atoms with Gasteiger partial charge in [0.25, 0.3) is 5.91 Å². The normalized spacial score (nSPS) is 10.6. The number of nitrogens with two attached hydrogens (primary N) is 1. The number of fused-ring (bicyclic) bond motifs is 1. The van der Waals surface area contributed by atoms with Crippen LogP contribution in [0.1, 0.15) is 15.9 Å². The largest absolute Gasteiger partial charge is 0.505 e. The maximum absolute atomic E-state index is 11.5. The third-order valence-electron chi connectivity index (χ3n) is 4.05. The van der Waals surface area contributed by atoms with Crippen molar-refractivity contribution in [3.63, 3.8) is 0 Å². The summed E-state index contributed by atoms with van der Waals surface area (Å²) < 4.78 is 0. The maximum Gasteiger partial charge on any atom is 0.251 e. The van der Waals surface area contributed by atoms with E-state index in [1.165, 1.54) is 0 Å². The van der Waals surface area contributed by atoms with Gasteiger partial charge in [0.2, 0.25) is 0 Å². The highest BCUT2D eigenvalue weighted by molar-refractivity contribution is 6.31. The number of phenols is 1. The highest BCUT2D eigenvalue weighted by atomic mass is 35.5. The zero-order chi connectivity index (χ0) is 18.0. The van der Waals surface area contributed by atoms with Crippen LogP contribution in [0.3, 0.4) is 0 Å². The molecule has 0 bridgehead atoms. The van der Waals surface area contributed by atoms with Gasteiger partial charge in [-0.25, -0.2) is 0 Å². The number of nitrogen functional groups attached to an aromatic ring is 1. The molecule has 6 heteroatoms. The number of nitrogens with one attached hydrogen (secondary N) is 2. The van der Waals surface area contributed by atoms with Crippen LogP contribution in [0.2, 0.25) is 5.02 Å². The molecule has 5 N–H and O–H groups in total. The van der Waals surface area contributed by atoms with Crippen LogP contribution in [0.4, 0.5) is 11.4 Å². The minimum atomic E-state index is -0.136. The number of phenolic OH excluding ortho intramolecular Hbond substituents is 1. The van der Waals surface area contributed by atoms with E-state index in [1.54, 1.807) is 31.3 Å². The van der Waals surface area contributed by atoms with Crippen LogP contribution in [0.15, 0.2) is 48.5 Å². The smallest absolute Gasteiger partial charge is 0.251 e. The molecule has 128 valence electrons. The van der Waals surface area contributed by atoms with Crippen molar-refractivity contribution in [1.29, 1.82) is 0 Å². The Hall–Kier alpha value is -2.92. The molecule has 0 aliphatic heterocycles. The Bertz CT molecular complexity index is 940. The molecule has 0 aromatic heterocycles. The molecule has 1 amide bonds. The lowest BCUT2D eigenvalue weighted by atomic mass is 10.0. The van der Waals surface area contributed by atoms with Crippen molar-refractivity contribution in [2.24, 2.45) is 0 Å². The van der Waals surface area contributed by atoms with Crippen molar-refractivity contribution in [3.8, 4) is 5.75 Å². The van der Waals surface area contributed by atoms with Gasteiger partial charge in [-0.1, -0.05) is 17.7 Å². The van der Waals surface area contributed by atoms with Crippen molar-refractivity contribution in [1.82, 2.24) is 5.32 Å². The molecule has 0 aliphatic rings. The summed E-state index contributed by atoms with van der Waals surface area (Å²) in [6.07, 6.45) is 0. The summed E-state index contributed by atoms with van der Waals surface area (Å²) in [5, 5.41) is 18.4. The van der Waals surface area contributed by atoms with Gasteiger partial charge in [-0.05, 0) is 47.9 Å². The lowest BCUT2D eigenvalue weighted by molar-refractivity contribution is 0.0963. The predicted octanol–water partition coefficient (Wildman–Crippen LogP) is 3.75. The minimum absolute atomic E-state index is 0.0595. The molecule has 0 radical (unpaired) electrons. The Morgan fingerprint density at radius 1 is 1.16 bits per heavy atom. The second kappa shape index (κ2) is 6.91. The van der Waals surface area contributed by atoms with Crippen molar-refractivity contribution >= 4 is 39.7 Å². The van der Waals surface area contributed by atoms with Crippen molar-refractivity contribution in [2.75, 3.05) is 18.1 Å². The number of benzene rings is 3. The van der Waals surface area contributed by atoms with E-state index in [9.17, 15) is 9.90 Å². The van der Waals surface area contributed by atoms with E-state index in [-0.39, 0.29) is 11.7 Å². The highest BCUT2D eigenvalue weighted by Gasteiger charge is 2.11. The van der Waals surface area contributed by atoms with Gasteiger partial charge in [-0.2, -0.15) is 0 Å². The van der Waals surface area contributed by atoms with Crippen LogP contribution in [-0.2, 0) is 6.54 Å². The Kier molecular flexibility index (Phi) is 4.67. The second-order valence-electron chi connectivity index (χ2n) is 5.67. The molecule has 0 spiro atoms. The summed E-state index contributed by atoms with van der Waals surface area (Å²) in [5.41, 5.74) is 8.46. The number of carbonyl (C=O) groups is 1. The molecule has 5 nitrogen and oxygen atoms in total. The zero-order valence-corrected chi connectivity index (χ0v) is 14.4. The number of hydrogen-bond acceptors (Lipinski definition) is 4. The average molecular weight is 356 g/mol. The van der Waals surface area contributed by atoms with Gasteiger partial charge in [0.1, 0.15) is 5.75 Å². The summed E-state index contributed by atoms with van der Waals surface area (Å²) in [6, 6.07) is 14.3. The number of aromatic hydroxyl groups is 1. The van der Waals surface area contributed by atoms with Gasteiger partial charge in [0.15, 0.2) is 0 Å². The molecular weight excluding hydrogens is 338 g/mol. The van der Waals surface area contributed by atoms with E-state index in [0.717, 1.165) is 16.5 Å². The summed E-state index contributed by atoms with van der Waals surface area (Å²) >= 11 is 6.04. The first-order valence-corrected chi connectivity index (χ1v) is 8.13. The molecule has 25 heavy (non-hydrogen) atoms. The number of rotatable bonds is 4. The molecule has 0 atom stereocenters. The molecule has 3 aromatic carbocycles. The van der Waals surface area contributed by atoms with Crippen LogP contribution in [0.25, 0.3) is 10.8 Å². The van der Waals surface area contributed by atoms with E-state index in [4.69, 9.17) is 17.3 Å². The predicted molar refractivity (Wildman–Crippen MR) is 102 cm³/mol. The number of carbonyl (C=O) groups excluding carboxylic acids is 1. The number of amides is 1. The standard InChI is InChI=1S/C19H18ClN3O2/c1-22-19(25)11-2-5-15(6-3-11)23-10-13-8-12-9-14(20)4-7-16(12)17(21)18(13)24/h2-9,23-24H,10,21H2,1H3,(H,22,25). The first-order valence-electron chi connectivity index (χ1n) is 7.75. The maximum atomic E-state index is 11.5. The van der Waals surface area contributed by atoms with Crippen LogP contribution in [0, 0.1) is 0 Å². The monoisotopic (exact) mass is 355 g/mol. The molecular formula is C19H18ClN3O2. The van der Waals surface area contributed by atoms with Gasteiger partial charge in [0, 0.05) is 40.8 Å². The fourth-order valence-corrected chi connectivity index (χ4v) is 2.85. The highest BCUT2D eigenvalue weighted by Crippen LogP contribution is 2.35. The van der Waals surface area contributed by atoms with Gasteiger partial charge in [-0.15, -0.1) is 0 Å². The van der Waals surface area contributed by atoms with E-state index in [2.05, 4.69) is 10.6 Å². The third-order valence-corrected chi connectivity index (χ3v) is 4.29. The van der Waals surface area contributed by atoms with Crippen LogP contribution >= 0.6 is 11.6 Å². The first-order chi connectivity index (χ1) is 12.0. The van der Waals surface area contributed by atoms with Gasteiger partial charge in [-0.3, -0.25) is 4.79 Å². The van der Waals surface area contributed by atoms with Crippen LogP contribution in [-0.4, -0.2) is 18.1 Å².